The van der Waals surface area contributed by atoms with Crippen LogP contribution in [-0.4, -0.2) is 29.0 Å². The molecule has 0 bridgehead atoms. The Labute approximate surface area is 181 Å². The highest BCUT2D eigenvalue weighted by molar-refractivity contribution is 7.09. The molecule has 3 aromatic rings. The molecule has 0 aliphatic carbocycles. The highest BCUT2D eigenvalue weighted by Gasteiger charge is 2.12. The van der Waals surface area contributed by atoms with Crippen LogP contribution in [0.15, 0.2) is 48.1 Å². The quantitative estimate of drug-likeness (QED) is 0.455. The molecule has 7 heteroatoms. The number of rotatable bonds is 11. The number of ether oxygens (including phenoxy) is 2. The number of hydrogen-bond acceptors (Lipinski definition) is 6. The molecule has 0 aliphatic rings. The Morgan fingerprint density at radius 3 is 2.80 bits per heavy atom. The number of aromatic nitrogens is 2. The molecule has 3 rings (SSSR count). The number of pyridine rings is 1. The van der Waals surface area contributed by atoms with Gasteiger partial charge < -0.3 is 14.8 Å². The van der Waals surface area contributed by atoms with Crippen LogP contribution in [0.1, 0.15) is 46.4 Å². The van der Waals surface area contributed by atoms with Crippen molar-refractivity contribution in [3.05, 3.63) is 69.9 Å². The number of nitrogens with one attached hydrogen (secondary N) is 1. The summed E-state index contributed by atoms with van der Waals surface area (Å²) in [7, 11) is 0. The number of nitrogens with zero attached hydrogens (tertiary/aromatic N) is 2. The van der Waals surface area contributed by atoms with Crippen molar-refractivity contribution in [1.82, 2.24) is 15.3 Å². The van der Waals surface area contributed by atoms with E-state index in [2.05, 4.69) is 20.7 Å². The Hall–Kier alpha value is -2.93. The first-order valence-corrected chi connectivity index (χ1v) is 11.0. The van der Waals surface area contributed by atoms with Crippen molar-refractivity contribution < 1.29 is 14.3 Å². The van der Waals surface area contributed by atoms with E-state index in [1.807, 2.05) is 26.0 Å². The molecule has 1 N–H and O–H groups in total. The van der Waals surface area contributed by atoms with Gasteiger partial charge in [-0.2, -0.15) is 0 Å². The molecule has 0 saturated heterocycles. The molecule has 0 fully saturated rings. The van der Waals surface area contributed by atoms with Crippen LogP contribution in [0.5, 0.6) is 11.5 Å². The highest BCUT2D eigenvalue weighted by atomic mass is 32.1. The van der Waals surface area contributed by atoms with Crippen LogP contribution in [0.2, 0.25) is 0 Å². The second-order valence-corrected chi connectivity index (χ2v) is 7.78. The Morgan fingerprint density at radius 1 is 1.17 bits per heavy atom. The summed E-state index contributed by atoms with van der Waals surface area (Å²) < 4.78 is 11.5. The molecule has 2 aromatic heterocycles. The van der Waals surface area contributed by atoms with Gasteiger partial charge in [-0.25, -0.2) is 4.98 Å². The van der Waals surface area contributed by atoms with Crippen molar-refractivity contribution in [2.24, 2.45) is 0 Å². The van der Waals surface area contributed by atoms with Gasteiger partial charge in [0.25, 0.3) is 5.91 Å². The summed E-state index contributed by atoms with van der Waals surface area (Å²) in [4.78, 5) is 21.1. The summed E-state index contributed by atoms with van der Waals surface area (Å²) in [5, 5.41) is 6.20. The zero-order valence-corrected chi connectivity index (χ0v) is 18.2. The van der Waals surface area contributed by atoms with E-state index in [4.69, 9.17) is 9.47 Å². The van der Waals surface area contributed by atoms with Gasteiger partial charge in [0, 0.05) is 41.1 Å². The predicted octanol–water partition coefficient (Wildman–Crippen LogP) is 4.58. The monoisotopic (exact) mass is 425 g/mol. The van der Waals surface area contributed by atoms with E-state index in [0.29, 0.717) is 36.8 Å². The fourth-order valence-corrected chi connectivity index (χ4v) is 3.72. The molecular weight excluding hydrogens is 398 g/mol. The van der Waals surface area contributed by atoms with Crippen LogP contribution in [0.25, 0.3) is 0 Å². The second-order valence-electron chi connectivity index (χ2n) is 6.84. The van der Waals surface area contributed by atoms with E-state index >= 15 is 0 Å². The Balaban J connectivity index is 1.50. The number of carbonyl (C=O) groups excluding carboxylic acids is 1. The summed E-state index contributed by atoms with van der Waals surface area (Å²) in [6.45, 7) is 5.42. The molecule has 0 unspecified atom stereocenters. The maximum atomic E-state index is 12.5. The van der Waals surface area contributed by atoms with Crippen molar-refractivity contribution in [2.75, 3.05) is 13.2 Å². The summed E-state index contributed by atoms with van der Waals surface area (Å²) in [5.74, 6) is 1.06. The largest absolute Gasteiger partial charge is 0.490 e. The lowest BCUT2D eigenvalue weighted by atomic mass is 10.1. The maximum absolute atomic E-state index is 12.5. The molecule has 0 spiro atoms. The molecule has 2 heterocycles. The van der Waals surface area contributed by atoms with E-state index in [-0.39, 0.29) is 5.91 Å². The topological polar surface area (TPSA) is 73.3 Å². The normalized spacial score (nSPS) is 10.6. The number of aryl methyl sites for hydroxylation is 2. The lowest BCUT2D eigenvalue weighted by Gasteiger charge is -2.13. The van der Waals surface area contributed by atoms with Crippen molar-refractivity contribution in [3.8, 4) is 11.5 Å². The number of unbranched alkanes of at least 4 members (excludes halogenated alkanes) is 1. The zero-order chi connectivity index (χ0) is 21.2. The molecule has 158 valence electrons. The van der Waals surface area contributed by atoms with E-state index < -0.39 is 0 Å². The van der Waals surface area contributed by atoms with Crippen LogP contribution < -0.4 is 14.8 Å². The van der Waals surface area contributed by atoms with Crippen LogP contribution in [-0.2, 0) is 13.0 Å². The van der Waals surface area contributed by atoms with Crippen molar-refractivity contribution in [1.29, 1.82) is 0 Å². The standard InChI is InChI=1S/C23H27N3O3S/c1-3-28-21-13-19(9-10-20(21)29-15-18-7-6-11-24-14-18)23(27)25-12-5-4-8-22-26-17(2)16-30-22/h6-7,9-11,13-14,16H,3-5,8,12,15H2,1-2H3,(H,25,27). The lowest BCUT2D eigenvalue weighted by molar-refractivity contribution is 0.0952. The molecule has 0 atom stereocenters. The van der Waals surface area contributed by atoms with Crippen LogP contribution in [0.4, 0.5) is 0 Å². The predicted molar refractivity (Wildman–Crippen MR) is 118 cm³/mol. The second kappa shape index (κ2) is 11.3. The van der Waals surface area contributed by atoms with Gasteiger partial charge >= 0.3 is 0 Å². The van der Waals surface area contributed by atoms with Crippen molar-refractivity contribution in [3.63, 3.8) is 0 Å². The fraction of sp³-hybridized carbons (Fsp3) is 0.348. The third-order valence-corrected chi connectivity index (χ3v) is 5.42. The zero-order valence-electron chi connectivity index (χ0n) is 17.4. The first kappa shape index (κ1) is 21.8. The molecule has 30 heavy (non-hydrogen) atoms. The summed E-state index contributed by atoms with van der Waals surface area (Å²) in [6.07, 6.45) is 6.35. The summed E-state index contributed by atoms with van der Waals surface area (Å²) in [5.41, 5.74) is 2.60. The molecule has 1 aromatic carbocycles. The minimum Gasteiger partial charge on any atom is -0.490 e. The van der Waals surface area contributed by atoms with Gasteiger partial charge in [-0.15, -0.1) is 11.3 Å². The third-order valence-electron chi connectivity index (χ3n) is 4.39. The third kappa shape index (κ3) is 6.56. The maximum Gasteiger partial charge on any atom is 0.251 e. The lowest BCUT2D eigenvalue weighted by Crippen LogP contribution is -2.24. The van der Waals surface area contributed by atoms with Gasteiger partial charge in [-0.05, 0) is 57.4 Å². The van der Waals surface area contributed by atoms with E-state index in [0.717, 1.165) is 35.5 Å². The Kier molecular flexibility index (Phi) is 8.20. The van der Waals surface area contributed by atoms with Crippen LogP contribution in [0.3, 0.4) is 0 Å². The fourth-order valence-electron chi connectivity index (χ4n) is 2.90. The SMILES string of the molecule is CCOc1cc(C(=O)NCCCCc2nc(C)cs2)ccc1OCc1cccnc1. The Morgan fingerprint density at radius 2 is 2.07 bits per heavy atom. The number of amides is 1. The highest BCUT2D eigenvalue weighted by Crippen LogP contribution is 2.29. The smallest absolute Gasteiger partial charge is 0.251 e. The average Bonchev–Trinajstić information content (AvgIpc) is 3.18. The minimum absolute atomic E-state index is 0.111. The van der Waals surface area contributed by atoms with Gasteiger partial charge in [0.05, 0.1) is 11.6 Å². The molecule has 1 amide bonds. The Bertz CT molecular complexity index is 944. The molecule has 6 nitrogen and oxygen atoms in total. The number of hydrogen-bond donors (Lipinski definition) is 1. The summed E-state index contributed by atoms with van der Waals surface area (Å²) >= 11 is 1.69. The molecule has 0 aliphatic heterocycles. The number of thiazole rings is 1. The molecular formula is C23H27N3O3S. The summed E-state index contributed by atoms with van der Waals surface area (Å²) in [6, 6.07) is 9.09. The van der Waals surface area contributed by atoms with Gasteiger partial charge in [0.2, 0.25) is 0 Å². The first-order chi connectivity index (χ1) is 14.7. The van der Waals surface area contributed by atoms with Crippen LogP contribution >= 0.6 is 11.3 Å². The minimum atomic E-state index is -0.111. The average molecular weight is 426 g/mol. The number of carbonyl (C=O) groups is 1. The first-order valence-electron chi connectivity index (χ1n) is 10.1. The van der Waals surface area contributed by atoms with Crippen molar-refractivity contribution >= 4 is 17.2 Å². The van der Waals surface area contributed by atoms with E-state index in [1.165, 1.54) is 0 Å². The van der Waals surface area contributed by atoms with Gasteiger partial charge in [0.1, 0.15) is 6.61 Å². The van der Waals surface area contributed by atoms with E-state index in [1.54, 1.807) is 41.9 Å². The van der Waals surface area contributed by atoms with Crippen molar-refractivity contribution in [2.45, 2.75) is 39.7 Å². The number of benzene rings is 1. The molecule has 0 radical (unpaired) electrons. The van der Waals surface area contributed by atoms with Gasteiger partial charge in [-0.3, -0.25) is 9.78 Å². The molecule has 0 saturated carbocycles. The van der Waals surface area contributed by atoms with Gasteiger partial charge in [-0.1, -0.05) is 6.07 Å². The van der Waals surface area contributed by atoms with Crippen LogP contribution in [0, 0.1) is 6.92 Å². The van der Waals surface area contributed by atoms with Gasteiger partial charge in [0.15, 0.2) is 11.5 Å². The van der Waals surface area contributed by atoms with E-state index in [9.17, 15) is 4.79 Å².